The molecule has 0 unspecified atom stereocenters. The number of rotatable bonds is 2. The summed E-state index contributed by atoms with van der Waals surface area (Å²) in [5.74, 6) is 6.12. The van der Waals surface area contributed by atoms with Crippen LogP contribution in [0.4, 0.5) is 23.8 Å². The fourth-order valence-electron chi connectivity index (χ4n) is 1.60. The molecule has 0 spiro atoms. The molecule has 0 aliphatic heterocycles. The van der Waals surface area contributed by atoms with Gasteiger partial charge < -0.3 is 9.84 Å². The smallest absolute Gasteiger partial charge is 0.360 e. The highest BCUT2D eigenvalue weighted by molar-refractivity contribution is 5.88. The number of nitrogens with one attached hydrogen (secondary N) is 2. The molecule has 0 bridgehead atoms. The van der Waals surface area contributed by atoms with Crippen molar-refractivity contribution in [3.8, 4) is 11.8 Å². The molecule has 0 fully saturated rings. The number of urea groups is 1. The number of aryl methyl sites for hydroxylation is 1. The van der Waals surface area contributed by atoms with Gasteiger partial charge in [0.25, 0.3) is 0 Å². The molecule has 0 aliphatic carbocycles. The number of halogens is 3. The van der Waals surface area contributed by atoms with Crippen LogP contribution < -0.4 is 10.6 Å². The van der Waals surface area contributed by atoms with Gasteiger partial charge in [0.05, 0.1) is 12.1 Å². The van der Waals surface area contributed by atoms with E-state index in [0.29, 0.717) is 11.3 Å². The van der Waals surface area contributed by atoms with Gasteiger partial charge in [0.2, 0.25) is 0 Å². The van der Waals surface area contributed by atoms with E-state index < -0.39 is 17.8 Å². The molecule has 2 N–H and O–H groups in total. The van der Waals surface area contributed by atoms with Crippen LogP contribution in [0.25, 0.3) is 0 Å². The van der Waals surface area contributed by atoms with Gasteiger partial charge in [-0.25, -0.2) is 4.79 Å². The SMILES string of the molecule is Cc1cc(NC(=O)NCC#Cc2ccc(C(F)(F)F)cc2)no1. The second-order valence-electron chi connectivity index (χ2n) is 4.51. The van der Waals surface area contributed by atoms with Crippen molar-refractivity contribution >= 4 is 11.8 Å². The van der Waals surface area contributed by atoms with Gasteiger partial charge in [0.15, 0.2) is 5.82 Å². The summed E-state index contributed by atoms with van der Waals surface area (Å²) >= 11 is 0. The molecule has 23 heavy (non-hydrogen) atoms. The van der Waals surface area contributed by atoms with Crippen molar-refractivity contribution in [2.45, 2.75) is 13.1 Å². The van der Waals surface area contributed by atoms with Gasteiger partial charge in [-0.2, -0.15) is 13.2 Å². The molecule has 8 heteroatoms. The maximum atomic E-state index is 12.4. The average Bonchev–Trinajstić information content (AvgIpc) is 2.88. The predicted octanol–water partition coefficient (Wildman–Crippen LogP) is 3.18. The number of hydrogen-bond donors (Lipinski definition) is 2. The summed E-state index contributed by atoms with van der Waals surface area (Å²) < 4.78 is 42.0. The molecule has 0 aliphatic rings. The summed E-state index contributed by atoms with van der Waals surface area (Å²) in [7, 11) is 0. The molecular weight excluding hydrogens is 311 g/mol. The van der Waals surface area contributed by atoms with E-state index in [4.69, 9.17) is 4.52 Å². The first-order valence-corrected chi connectivity index (χ1v) is 6.49. The fourth-order valence-corrected chi connectivity index (χ4v) is 1.60. The van der Waals surface area contributed by atoms with Gasteiger partial charge in [-0.3, -0.25) is 5.32 Å². The highest BCUT2D eigenvalue weighted by Crippen LogP contribution is 2.28. The van der Waals surface area contributed by atoms with Crippen molar-refractivity contribution in [1.82, 2.24) is 10.5 Å². The lowest BCUT2D eigenvalue weighted by molar-refractivity contribution is -0.137. The zero-order valence-corrected chi connectivity index (χ0v) is 12.0. The second-order valence-corrected chi connectivity index (χ2v) is 4.51. The molecule has 1 aromatic heterocycles. The molecule has 1 aromatic carbocycles. The molecule has 0 saturated heterocycles. The van der Waals surface area contributed by atoms with Crippen LogP contribution in [-0.2, 0) is 6.18 Å². The Morgan fingerprint density at radius 3 is 2.57 bits per heavy atom. The Balaban J connectivity index is 1.82. The normalized spacial score (nSPS) is 10.6. The predicted molar refractivity (Wildman–Crippen MR) is 76.6 cm³/mol. The number of anilines is 1. The number of aromatic nitrogens is 1. The molecule has 120 valence electrons. The third kappa shape index (κ3) is 5.07. The lowest BCUT2D eigenvalue weighted by Gasteiger charge is -2.05. The Hall–Kier alpha value is -2.95. The van der Waals surface area contributed by atoms with E-state index in [1.807, 2.05) is 0 Å². The minimum absolute atomic E-state index is 0.0314. The van der Waals surface area contributed by atoms with Gasteiger partial charge in [-0.05, 0) is 31.2 Å². The first-order valence-electron chi connectivity index (χ1n) is 6.49. The van der Waals surface area contributed by atoms with Crippen LogP contribution in [0.2, 0.25) is 0 Å². The van der Waals surface area contributed by atoms with Crippen LogP contribution in [0.15, 0.2) is 34.9 Å². The summed E-state index contributed by atoms with van der Waals surface area (Å²) in [6, 6.07) is 5.49. The Kier molecular flexibility index (Phi) is 4.91. The zero-order chi connectivity index (χ0) is 16.9. The number of amides is 2. The fraction of sp³-hybridized carbons (Fsp3) is 0.200. The third-order valence-corrected chi connectivity index (χ3v) is 2.65. The van der Waals surface area contributed by atoms with Gasteiger partial charge in [-0.1, -0.05) is 17.0 Å². The summed E-state index contributed by atoms with van der Waals surface area (Å²) in [6.07, 6.45) is -4.37. The summed E-state index contributed by atoms with van der Waals surface area (Å²) in [5.41, 5.74) is -0.309. The van der Waals surface area contributed by atoms with Crippen molar-refractivity contribution in [3.63, 3.8) is 0 Å². The van der Waals surface area contributed by atoms with Gasteiger partial charge in [-0.15, -0.1) is 0 Å². The largest absolute Gasteiger partial charge is 0.416 e. The van der Waals surface area contributed by atoms with Crippen LogP contribution in [0.1, 0.15) is 16.9 Å². The van der Waals surface area contributed by atoms with E-state index in [2.05, 4.69) is 27.6 Å². The molecule has 2 amide bonds. The van der Waals surface area contributed by atoms with Gasteiger partial charge in [0, 0.05) is 11.6 Å². The van der Waals surface area contributed by atoms with Crippen molar-refractivity contribution < 1.29 is 22.5 Å². The summed E-state index contributed by atoms with van der Waals surface area (Å²) in [4.78, 5) is 11.5. The van der Waals surface area contributed by atoms with Gasteiger partial charge in [0.1, 0.15) is 5.76 Å². The highest BCUT2D eigenvalue weighted by atomic mass is 19.4. The first kappa shape index (κ1) is 16.4. The zero-order valence-electron chi connectivity index (χ0n) is 12.0. The number of carbonyl (C=O) groups is 1. The van der Waals surface area contributed by atoms with Crippen molar-refractivity contribution in [1.29, 1.82) is 0 Å². The Bertz CT molecular complexity index is 740. The highest BCUT2D eigenvalue weighted by Gasteiger charge is 2.29. The first-order chi connectivity index (χ1) is 10.8. The Labute approximate surface area is 129 Å². The quantitative estimate of drug-likeness (QED) is 0.834. The Morgan fingerprint density at radius 2 is 2.00 bits per heavy atom. The minimum Gasteiger partial charge on any atom is -0.360 e. The molecule has 5 nitrogen and oxygen atoms in total. The van der Waals surface area contributed by atoms with Gasteiger partial charge >= 0.3 is 12.2 Å². The molecule has 0 radical (unpaired) electrons. The lowest BCUT2D eigenvalue weighted by Crippen LogP contribution is -2.29. The number of nitrogens with zero attached hydrogens (tertiary/aromatic N) is 1. The number of carbonyl (C=O) groups excluding carboxylic acids is 1. The summed E-state index contributed by atoms with van der Waals surface area (Å²) in [5, 5.41) is 8.48. The minimum atomic E-state index is -4.37. The Morgan fingerprint density at radius 1 is 1.30 bits per heavy atom. The van der Waals surface area contributed by atoms with E-state index in [1.165, 1.54) is 12.1 Å². The molecular formula is C15H12F3N3O2. The lowest BCUT2D eigenvalue weighted by atomic mass is 10.1. The van der Waals surface area contributed by atoms with Crippen molar-refractivity contribution in [2.75, 3.05) is 11.9 Å². The monoisotopic (exact) mass is 323 g/mol. The average molecular weight is 323 g/mol. The number of benzene rings is 1. The van der Waals surface area contributed by atoms with E-state index in [-0.39, 0.29) is 12.4 Å². The van der Waals surface area contributed by atoms with Crippen LogP contribution in [0.5, 0.6) is 0 Å². The standard InChI is InChI=1S/C15H12F3N3O2/c1-10-9-13(21-23-10)20-14(22)19-8-2-3-11-4-6-12(7-5-11)15(16,17)18/h4-7,9H,8H2,1H3,(H2,19,20,21,22). The second kappa shape index (κ2) is 6.87. The molecule has 0 atom stereocenters. The van der Waals surface area contributed by atoms with Crippen LogP contribution in [0.3, 0.4) is 0 Å². The molecule has 0 saturated carbocycles. The summed E-state index contributed by atoms with van der Waals surface area (Å²) in [6.45, 7) is 1.72. The maximum Gasteiger partial charge on any atom is 0.416 e. The third-order valence-electron chi connectivity index (χ3n) is 2.65. The van der Waals surface area contributed by atoms with Crippen molar-refractivity contribution in [3.05, 3.63) is 47.2 Å². The maximum absolute atomic E-state index is 12.4. The van der Waals surface area contributed by atoms with Crippen LogP contribution in [0, 0.1) is 18.8 Å². The molecule has 1 heterocycles. The van der Waals surface area contributed by atoms with Crippen molar-refractivity contribution in [2.24, 2.45) is 0 Å². The van der Waals surface area contributed by atoms with E-state index in [1.54, 1.807) is 13.0 Å². The van der Waals surface area contributed by atoms with E-state index >= 15 is 0 Å². The van der Waals surface area contributed by atoms with Crippen LogP contribution in [-0.4, -0.2) is 17.7 Å². The van der Waals surface area contributed by atoms with Crippen LogP contribution >= 0.6 is 0 Å². The topological polar surface area (TPSA) is 67.2 Å². The molecule has 2 rings (SSSR count). The number of alkyl halides is 3. The van der Waals surface area contributed by atoms with E-state index in [0.717, 1.165) is 12.1 Å². The number of hydrogen-bond acceptors (Lipinski definition) is 3. The molecule has 2 aromatic rings. The van der Waals surface area contributed by atoms with E-state index in [9.17, 15) is 18.0 Å².